The van der Waals surface area contributed by atoms with Crippen molar-refractivity contribution in [1.82, 2.24) is 0 Å². The molecule has 0 radical (unpaired) electrons. The molecule has 1 aromatic rings. The number of alkyl halides is 3. The van der Waals surface area contributed by atoms with Crippen LogP contribution in [0.5, 0.6) is 0 Å². The Morgan fingerprint density at radius 1 is 1.35 bits per heavy atom. The smallest absolute Gasteiger partial charge is 0.396 e. The average molecular weight is 308 g/mol. The van der Waals surface area contributed by atoms with Crippen LogP contribution in [0.2, 0.25) is 0 Å². The Bertz CT molecular complexity index is 454. The molecule has 92 valence electrons. The molecule has 0 amide bonds. The minimum absolute atomic E-state index is 0.227. The van der Waals surface area contributed by atoms with Crippen LogP contribution in [-0.4, -0.2) is 12.4 Å². The van der Waals surface area contributed by atoms with Crippen LogP contribution in [-0.2, 0) is 0 Å². The Hall–Kier alpha value is -1.50. The van der Waals surface area contributed by atoms with Crippen molar-refractivity contribution in [3.05, 3.63) is 40.1 Å². The molecule has 7 heteroatoms. The van der Waals surface area contributed by atoms with Gasteiger partial charge in [0.2, 0.25) is 0 Å². The molecule has 0 aliphatic heterocycles. The first-order valence-electron chi connectivity index (χ1n) is 4.45. The predicted molar refractivity (Wildman–Crippen MR) is 63.8 cm³/mol. The van der Waals surface area contributed by atoms with Gasteiger partial charge in [0.25, 0.3) is 0 Å². The summed E-state index contributed by atoms with van der Waals surface area (Å²) in [6, 6.07) is 6.32. The van der Waals surface area contributed by atoms with Crippen molar-refractivity contribution in [1.29, 1.82) is 5.41 Å². The lowest BCUT2D eigenvalue weighted by Crippen LogP contribution is -2.24. The first-order valence-corrected chi connectivity index (χ1v) is 5.24. The second-order valence-corrected chi connectivity index (χ2v) is 3.93. The molecule has 1 rings (SSSR count). The van der Waals surface area contributed by atoms with Crippen molar-refractivity contribution in [2.24, 2.45) is 5.73 Å². The van der Waals surface area contributed by atoms with E-state index in [9.17, 15) is 13.2 Å². The maximum Gasteiger partial charge on any atom is 0.433 e. The molecule has 0 aliphatic carbocycles. The van der Waals surface area contributed by atoms with Crippen LogP contribution in [0.1, 0.15) is 0 Å². The van der Waals surface area contributed by atoms with E-state index in [1.807, 2.05) is 0 Å². The summed E-state index contributed by atoms with van der Waals surface area (Å²) >= 11 is 3.11. The molecule has 0 atom stereocenters. The molecular formula is C10H9BrF3N3. The van der Waals surface area contributed by atoms with Crippen molar-refractivity contribution >= 4 is 27.8 Å². The standard InChI is InChI=1S/C10H9BrF3N3/c11-6-3-1-2-4-8(6)17-9(7(16)5-15)10(12,13)14/h1-5,15,17H,16H2/b9-7+,15-5?. The fraction of sp³-hybridized carbons (Fsp3) is 0.100. The summed E-state index contributed by atoms with van der Waals surface area (Å²) < 4.78 is 38.4. The van der Waals surface area contributed by atoms with E-state index in [4.69, 9.17) is 11.1 Å². The topological polar surface area (TPSA) is 61.9 Å². The minimum atomic E-state index is -4.64. The molecule has 0 saturated heterocycles. The number of rotatable bonds is 3. The quantitative estimate of drug-likeness (QED) is 0.751. The van der Waals surface area contributed by atoms with E-state index >= 15 is 0 Å². The second kappa shape index (κ2) is 5.22. The third kappa shape index (κ3) is 3.48. The van der Waals surface area contributed by atoms with E-state index < -0.39 is 17.6 Å². The molecule has 3 nitrogen and oxygen atoms in total. The first-order chi connectivity index (χ1) is 7.86. The number of nitrogens with one attached hydrogen (secondary N) is 2. The Morgan fingerprint density at radius 2 is 1.94 bits per heavy atom. The third-order valence-electron chi connectivity index (χ3n) is 1.86. The van der Waals surface area contributed by atoms with Gasteiger partial charge in [0.1, 0.15) is 5.70 Å². The summed E-state index contributed by atoms with van der Waals surface area (Å²) in [5, 5.41) is 8.95. The summed E-state index contributed by atoms with van der Waals surface area (Å²) in [5.74, 6) is 0. The fourth-order valence-electron chi connectivity index (χ4n) is 1.08. The van der Waals surface area contributed by atoms with Gasteiger partial charge in [-0.1, -0.05) is 12.1 Å². The van der Waals surface area contributed by atoms with E-state index in [2.05, 4.69) is 21.2 Å². The summed E-state index contributed by atoms with van der Waals surface area (Å²) in [6.07, 6.45) is -4.19. The van der Waals surface area contributed by atoms with Gasteiger partial charge >= 0.3 is 6.18 Å². The number of anilines is 1. The zero-order valence-corrected chi connectivity index (χ0v) is 10.1. The summed E-state index contributed by atoms with van der Waals surface area (Å²) in [7, 11) is 0. The number of benzene rings is 1. The Morgan fingerprint density at radius 3 is 2.41 bits per heavy atom. The van der Waals surface area contributed by atoms with Crippen molar-refractivity contribution in [3.63, 3.8) is 0 Å². The van der Waals surface area contributed by atoms with Gasteiger partial charge in [-0.15, -0.1) is 0 Å². The average Bonchev–Trinajstić information content (AvgIpc) is 2.25. The SMILES string of the molecule is N=C/C(N)=C(\Nc1ccccc1Br)C(F)(F)F. The van der Waals surface area contributed by atoms with E-state index in [0.29, 0.717) is 10.7 Å². The zero-order valence-electron chi connectivity index (χ0n) is 8.48. The van der Waals surface area contributed by atoms with Gasteiger partial charge in [-0.25, -0.2) is 0 Å². The van der Waals surface area contributed by atoms with Gasteiger partial charge in [0, 0.05) is 10.7 Å². The number of nitrogens with two attached hydrogens (primary N) is 1. The van der Waals surface area contributed by atoms with Crippen LogP contribution in [0, 0.1) is 5.41 Å². The Kier molecular flexibility index (Phi) is 4.17. The molecule has 0 spiro atoms. The third-order valence-corrected chi connectivity index (χ3v) is 2.55. The normalized spacial score (nSPS) is 12.9. The van der Waals surface area contributed by atoms with Crippen LogP contribution in [0.4, 0.5) is 18.9 Å². The zero-order chi connectivity index (χ0) is 13.1. The maximum atomic E-state index is 12.7. The second-order valence-electron chi connectivity index (χ2n) is 3.08. The van der Waals surface area contributed by atoms with Crippen molar-refractivity contribution in [2.75, 3.05) is 5.32 Å². The van der Waals surface area contributed by atoms with Crippen molar-refractivity contribution in [2.45, 2.75) is 6.18 Å². The van der Waals surface area contributed by atoms with E-state index in [-0.39, 0.29) is 5.69 Å². The molecule has 0 saturated carbocycles. The van der Waals surface area contributed by atoms with Crippen LogP contribution in [0.15, 0.2) is 40.1 Å². The van der Waals surface area contributed by atoms with Gasteiger partial charge < -0.3 is 16.5 Å². The van der Waals surface area contributed by atoms with Crippen LogP contribution in [0.3, 0.4) is 0 Å². The molecule has 17 heavy (non-hydrogen) atoms. The molecular weight excluding hydrogens is 299 g/mol. The first kappa shape index (κ1) is 13.6. The largest absolute Gasteiger partial charge is 0.433 e. The van der Waals surface area contributed by atoms with E-state index in [1.54, 1.807) is 18.2 Å². The predicted octanol–water partition coefficient (Wildman–Crippen LogP) is 3.24. The monoisotopic (exact) mass is 307 g/mol. The highest BCUT2D eigenvalue weighted by atomic mass is 79.9. The van der Waals surface area contributed by atoms with E-state index in [1.165, 1.54) is 6.07 Å². The molecule has 0 unspecified atom stereocenters. The Labute approximate surface area is 104 Å². The number of hydrogen-bond acceptors (Lipinski definition) is 3. The van der Waals surface area contributed by atoms with Gasteiger partial charge in [0.15, 0.2) is 0 Å². The molecule has 0 heterocycles. The number of para-hydroxylation sites is 1. The van der Waals surface area contributed by atoms with Crippen LogP contribution >= 0.6 is 15.9 Å². The number of hydrogen-bond donors (Lipinski definition) is 3. The molecule has 1 aromatic carbocycles. The highest BCUT2D eigenvalue weighted by Crippen LogP contribution is 2.30. The number of allylic oxidation sites excluding steroid dienone is 2. The maximum absolute atomic E-state index is 12.7. The minimum Gasteiger partial charge on any atom is -0.396 e. The molecule has 0 aliphatic rings. The highest BCUT2D eigenvalue weighted by molar-refractivity contribution is 9.10. The molecule has 0 bridgehead atoms. The van der Waals surface area contributed by atoms with Gasteiger partial charge in [-0.2, -0.15) is 13.2 Å². The lowest BCUT2D eigenvalue weighted by Gasteiger charge is -2.16. The van der Waals surface area contributed by atoms with E-state index in [0.717, 1.165) is 0 Å². The van der Waals surface area contributed by atoms with Gasteiger partial charge in [-0.3, -0.25) is 0 Å². The molecule has 0 fully saturated rings. The Balaban J connectivity index is 3.14. The van der Waals surface area contributed by atoms with Crippen molar-refractivity contribution < 1.29 is 13.2 Å². The number of halogens is 4. The van der Waals surface area contributed by atoms with Gasteiger partial charge in [-0.05, 0) is 28.1 Å². The van der Waals surface area contributed by atoms with Crippen LogP contribution in [0.25, 0.3) is 0 Å². The molecule has 0 aromatic heterocycles. The highest BCUT2D eigenvalue weighted by Gasteiger charge is 2.36. The summed E-state index contributed by atoms with van der Waals surface area (Å²) in [4.78, 5) is 0. The summed E-state index contributed by atoms with van der Waals surface area (Å²) in [5.41, 5.74) is 3.54. The summed E-state index contributed by atoms with van der Waals surface area (Å²) in [6.45, 7) is 0. The van der Waals surface area contributed by atoms with Crippen molar-refractivity contribution in [3.8, 4) is 0 Å². The van der Waals surface area contributed by atoms with Gasteiger partial charge in [0.05, 0.1) is 11.4 Å². The van der Waals surface area contributed by atoms with Crippen LogP contribution < -0.4 is 11.1 Å². The lowest BCUT2D eigenvalue weighted by molar-refractivity contribution is -0.0907. The lowest BCUT2D eigenvalue weighted by atomic mass is 10.2. The fourth-order valence-corrected chi connectivity index (χ4v) is 1.46. The molecule has 4 N–H and O–H groups in total.